The molecule has 0 amide bonds. The average Bonchev–Trinajstić information content (AvgIpc) is 2.87. The van der Waals surface area contributed by atoms with Crippen molar-refractivity contribution in [2.24, 2.45) is 5.84 Å². The zero-order chi connectivity index (χ0) is 12.4. The standard InChI is InChI=1S/C10H13N7O/c11-16-8-13-9(17-6-2-5-12-17)15-10(14-8)18-7-3-1-4-7/h2,5-7H,1,3-4,11H2,(H,13,14,15,16). The lowest BCUT2D eigenvalue weighted by Gasteiger charge is -2.25. The number of rotatable bonds is 4. The van der Waals surface area contributed by atoms with Crippen LogP contribution >= 0.6 is 0 Å². The first-order valence-electron chi connectivity index (χ1n) is 5.74. The summed E-state index contributed by atoms with van der Waals surface area (Å²) >= 11 is 0. The second-order valence-corrected chi connectivity index (χ2v) is 4.01. The van der Waals surface area contributed by atoms with Crippen LogP contribution in [0.5, 0.6) is 6.01 Å². The van der Waals surface area contributed by atoms with Gasteiger partial charge in [-0.25, -0.2) is 10.5 Å². The predicted molar refractivity (Wildman–Crippen MR) is 63.0 cm³/mol. The van der Waals surface area contributed by atoms with Crippen molar-refractivity contribution in [1.82, 2.24) is 24.7 Å². The second kappa shape index (κ2) is 4.57. The lowest BCUT2D eigenvalue weighted by atomic mass is 9.96. The van der Waals surface area contributed by atoms with E-state index < -0.39 is 0 Å². The number of hydrogen-bond donors (Lipinski definition) is 2. The van der Waals surface area contributed by atoms with E-state index in [9.17, 15) is 0 Å². The molecule has 0 saturated heterocycles. The van der Waals surface area contributed by atoms with Crippen molar-refractivity contribution < 1.29 is 4.74 Å². The molecule has 1 fully saturated rings. The van der Waals surface area contributed by atoms with Gasteiger partial charge < -0.3 is 4.74 Å². The molecule has 2 aromatic heterocycles. The summed E-state index contributed by atoms with van der Waals surface area (Å²) in [5, 5.41) is 4.06. The fourth-order valence-corrected chi connectivity index (χ4v) is 1.59. The molecule has 3 N–H and O–H groups in total. The highest BCUT2D eigenvalue weighted by Gasteiger charge is 2.21. The molecule has 2 aromatic rings. The van der Waals surface area contributed by atoms with Crippen LogP contribution in [-0.4, -0.2) is 30.8 Å². The summed E-state index contributed by atoms with van der Waals surface area (Å²) in [5.41, 5.74) is 2.40. The van der Waals surface area contributed by atoms with Gasteiger partial charge in [0.15, 0.2) is 0 Å². The van der Waals surface area contributed by atoms with E-state index in [4.69, 9.17) is 10.6 Å². The monoisotopic (exact) mass is 247 g/mol. The van der Waals surface area contributed by atoms with Gasteiger partial charge in [0.05, 0.1) is 0 Å². The molecular weight excluding hydrogens is 234 g/mol. The van der Waals surface area contributed by atoms with Crippen molar-refractivity contribution >= 4 is 5.95 Å². The SMILES string of the molecule is NNc1nc(OC2CCC2)nc(-n2cccn2)n1. The van der Waals surface area contributed by atoms with Gasteiger partial charge in [0.2, 0.25) is 5.95 Å². The third-order valence-electron chi connectivity index (χ3n) is 2.77. The fraction of sp³-hybridized carbons (Fsp3) is 0.400. The third-order valence-corrected chi connectivity index (χ3v) is 2.77. The topological polar surface area (TPSA) is 104 Å². The molecule has 0 atom stereocenters. The van der Waals surface area contributed by atoms with Crippen molar-refractivity contribution in [3.8, 4) is 12.0 Å². The van der Waals surface area contributed by atoms with E-state index >= 15 is 0 Å². The minimum atomic E-state index is 0.198. The number of nitrogens with one attached hydrogen (secondary N) is 1. The first-order valence-corrected chi connectivity index (χ1v) is 5.74. The number of aromatic nitrogens is 5. The smallest absolute Gasteiger partial charge is 0.323 e. The number of anilines is 1. The Kier molecular flexibility index (Phi) is 2.77. The van der Waals surface area contributed by atoms with Gasteiger partial charge in [-0.05, 0) is 25.3 Å². The fourth-order valence-electron chi connectivity index (χ4n) is 1.59. The van der Waals surface area contributed by atoms with Crippen LogP contribution in [0.2, 0.25) is 0 Å². The quantitative estimate of drug-likeness (QED) is 0.590. The van der Waals surface area contributed by atoms with E-state index in [-0.39, 0.29) is 18.1 Å². The lowest BCUT2D eigenvalue weighted by Crippen LogP contribution is -2.26. The number of nitrogens with two attached hydrogens (primary N) is 1. The number of nitrogens with zero attached hydrogens (tertiary/aromatic N) is 5. The van der Waals surface area contributed by atoms with Gasteiger partial charge in [0.25, 0.3) is 5.95 Å². The van der Waals surface area contributed by atoms with Gasteiger partial charge in [-0.1, -0.05) is 0 Å². The summed E-state index contributed by atoms with van der Waals surface area (Å²) in [5.74, 6) is 5.96. The Morgan fingerprint density at radius 3 is 2.83 bits per heavy atom. The number of ether oxygens (including phenoxy) is 1. The molecule has 1 aliphatic carbocycles. The van der Waals surface area contributed by atoms with Crippen molar-refractivity contribution in [2.45, 2.75) is 25.4 Å². The Morgan fingerprint density at radius 2 is 2.22 bits per heavy atom. The van der Waals surface area contributed by atoms with Crippen LogP contribution in [-0.2, 0) is 0 Å². The Hall–Kier alpha value is -2.22. The minimum absolute atomic E-state index is 0.198. The van der Waals surface area contributed by atoms with Crippen LogP contribution in [0, 0.1) is 0 Å². The van der Waals surface area contributed by atoms with Crippen LogP contribution in [0.25, 0.3) is 5.95 Å². The van der Waals surface area contributed by atoms with Gasteiger partial charge in [-0.2, -0.15) is 20.1 Å². The Morgan fingerprint density at radius 1 is 1.33 bits per heavy atom. The zero-order valence-corrected chi connectivity index (χ0v) is 9.65. The molecule has 0 bridgehead atoms. The highest BCUT2D eigenvalue weighted by Crippen LogP contribution is 2.23. The van der Waals surface area contributed by atoms with Crippen LogP contribution in [0.15, 0.2) is 18.5 Å². The normalized spacial score (nSPS) is 15.2. The molecule has 3 rings (SSSR count). The number of nitrogen functional groups attached to an aromatic ring is 1. The molecule has 0 aliphatic heterocycles. The van der Waals surface area contributed by atoms with Crippen LogP contribution < -0.4 is 16.0 Å². The van der Waals surface area contributed by atoms with Gasteiger partial charge >= 0.3 is 6.01 Å². The maximum Gasteiger partial charge on any atom is 0.323 e. The third kappa shape index (κ3) is 2.09. The van der Waals surface area contributed by atoms with Gasteiger partial charge in [-0.3, -0.25) is 5.43 Å². The molecule has 1 aliphatic rings. The number of hydrazine groups is 1. The van der Waals surface area contributed by atoms with E-state index in [1.165, 1.54) is 11.1 Å². The molecule has 8 nitrogen and oxygen atoms in total. The predicted octanol–water partition coefficient (Wildman–Crippen LogP) is 0.274. The molecule has 18 heavy (non-hydrogen) atoms. The molecular formula is C10H13N7O. The molecule has 94 valence electrons. The van der Waals surface area contributed by atoms with Gasteiger partial charge in [-0.15, -0.1) is 0 Å². The van der Waals surface area contributed by atoms with E-state index in [1.54, 1.807) is 18.5 Å². The summed E-state index contributed by atoms with van der Waals surface area (Å²) in [7, 11) is 0. The molecule has 0 radical (unpaired) electrons. The van der Waals surface area contributed by atoms with Crippen molar-refractivity contribution in [3.63, 3.8) is 0 Å². The van der Waals surface area contributed by atoms with Gasteiger partial charge in [0, 0.05) is 12.4 Å². The van der Waals surface area contributed by atoms with E-state index in [2.05, 4.69) is 25.5 Å². The summed E-state index contributed by atoms with van der Waals surface area (Å²) in [6, 6.07) is 2.05. The average molecular weight is 247 g/mol. The molecule has 1 saturated carbocycles. The van der Waals surface area contributed by atoms with E-state index in [0.717, 1.165) is 12.8 Å². The lowest BCUT2D eigenvalue weighted by molar-refractivity contribution is 0.108. The molecule has 0 spiro atoms. The zero-order valence-electron chi connectivity index (χ0n) is 9.65. The van der Waals surface area contributed by atoms with Crippen molar-refractivity contribution in [1.29, 1.82) is 0 Å². The highest BCUT2D eigenvalue weighted by atomic mass is 16.5. The highest BCUT2D eigenvalue weighted by molar-refractivity contribution is 5.28. The van der Waals surface area contributed by atoms with E-state index in [0.29, 0.717) is 5.95 Å². The summed E-state index contributed by atoms with van der Waals surface area (Å²) < 4.78 is 7.16. The minimum Gasteiger partial charge on any atom is -0.460 e. The largest absolute Gasteiger partial charge is 0.460 e. The second-order valence-electron chi connectivity index (χ2n) is 4.01. The summed E-state index contributed by atoms with van der Waals surface area (Å²) in [6.07, 6.45) is 6.84. The first-order chi connectivity index (χ1) is 8.85. The Labute approximate surface area is 103 Å². The van der Waals surface area contributed by atoms with Gasteiger partial charge in [0.1, 0.15) is 6.10 Å². The van der Waals surface area contributed by atoms with Crippen LogP contribution in [0.1, 0.15) is 19.3 Å². The van der Waals surface area contributed by atoms with Crippen molar-refractivity contribution in [3.05, 3.63) is 18.5 Å². The number of hydrogen-bond acceptors (Lipinski definition) is 7. The van der Waals surface area contributed by atoms with Crippen LogP contribution in [0.3, 0.4) is 0 Å². The summed E-state index contributed by atoms with van der Waals surface area (Å²) in [4.78, 5) is 12.4. The Bertz CT molecular complexity index is 523. The van der Waals surface area contributed by atoms with E-state index in [1.807, 2.05) is 0 Å². The van der Waals surface area contributed by atoms with Crippen molar-refractivity contribution in [2.75, 3.05) is 5.43 Å². The molecule has 0 aromatic carbocycles. The molecule has 8 heteroatoms. The summed E-state index contributed by atoms with van der Waals surface area (Å²) in [6.45, 7) is 0. The molecule has 0 unspecified atom stereocenters. The van der Waals surface area contributed by atoms with Crippen LogP contribution in [0.4, 0.5) is 5.95 Å². The molecule has 2 heterocycles. The maximum absolute atomic E-state index is 5.63. The first kappa shape index (κ1) is 10.9. The maximum atomic E-state index is 5.63. The Balaban J connectivity index is 1.90.